The van der Waals surface area contributed by atoms with E-state index < -0.39 is 18.5 Å². The molecule has 2 aromatic rings. The van der Waals surface area contributed by atoms with Crippen LogP contribution in [-0.2, 0) is 9.53 Å². The number of hydrogen-bond acceptors (Lipinski definition) is 7. The zero-order valence-corrected chi connectivity index (χ0v) is 17.1. The molecule has 1 aliphatic heterocycles. The summed E-state index contributed by atoms with van der Waals surface area (Å²) in [6.07, 6.45) is 0. The van der Waals surface area contributed by atoms with Gasteiger partial charge in [0.2, 0.25) is 0 Å². The van der Waals surface area contributed by atoms with E-state index in [-0.39, 0.29) is 17.8 Å². The summed E-state index contributed by atoms with van der Waals surface area (Å²) >= 11 is 0. The minimum absolute atomic E-state index is 0.206. The van der Waals surface area contributed by atoms with Crippen molar-refractivity contribution in [3.8, 4) is 28.2 Å². The highest BCUT2D eigenvalue weighted by Gasteiger charge is 2.23. The third-order valence-electron chi connectivity index (χ3n) is 4.84. The van der Waals surface area contributed by atoms with Crippen LogP contribution in [0.1, 0.15) is 17.3 Å². The number of carboxylic acids is 1. The van der Waals surface area contributed by atoms with E-state index in [0.717, 1.165) is 0 Å². The first-order valence-electron chi connectivity index (χ1n) is 9.79. The molecule has 0 unspecified atom stereocenters. The number of hydrogen-bond donors (Lipinski definition) is 2. The second-order valence-electron chi connectivity index (χ2n) is 7.00. The molecule has 4 rings (SSSR count). The van der Waals surface area contributed by atoms with Crippen molar-refractivity contribution < 1.29 is 28.6 Å². The molecule has 0 fully saturated rings. The van der Waals surface area contributed by atoms with Crippen LogP contribution >= 0.6 is 0 Å². The van der Waals surface area contributed by atoms with Gasteiger partial charge in [-0.3, -0.25) is 4.79 Å². The number of nitrogen functional groups attached to an aromatic ring is 1. The highest BCUT2D eigenvalue weighted by molar-refractivity contribution is 6.08. The Labute approximate surface area is 182 Å². The van der Waals surface area contributed by atoms with Gasteiger partial charge in [-0.25, -0.2) is 9.59 Å². The number of ether oxygens (including phenoxy) is 2. The fraction of sp³-hybridized carbons (Fsp3) is 0.125. The van der Waals surface area contributed by atoms with Crippen molar-refractivity contribution in [2.75, 3.05) is 18.9 Å². The summed E-state index contributed by atoms with van der Waals surface area (Å²) in [5.74, 6) is -1.04. The largest absolute Gasteiger partial charge is 0.482 e. The first kappa shape index (κ1) is 20.9. The van der Waals surface area contributed by atoms with Crippen LogP contribution in [0, 0.1) is 0 Å². The normalized spacial score (nSPS) is 10.9. The molecule has 0 saturated carbocycles. The van der Waals surface area contributed by atoms with E-state index >= 15 is 0 Å². The molecule has 162 valence electrons. The number of rotatable bonds is 6. The lowest BCUT2D eigenvalue weighted by Gasteiger charge is -2.18. The van der Waals surface area contributed by atoms with E-state index in [2.05, 4.69) is 0 Å². The molecule has 0 radical (unpaired) electrons. The second kappa shape index (κ2) is 8.43. The van der Waals surface area contributed by atoms with Crippen molar-refractivity contribution in [2.24, 2.45) is 0 Å². The molecule has 2 aromatic carbocycles. The Morgan fingerprint density at radius 2 is 1.84 bits per heavy atom. The van der Waals surface area contributed by atoms with Gasteiger partial charge in [0.1, 0.15) is 17.1 Å². The molecule has 0 amide bonds. The summed E-state index contributed by atoms with van der Waals surface area (Å²) in [5.41, 5.74) is 8.65. The third kappa shape index (κ3) is 3.98. The Morgan fingerprint density at radius 3 is 2.59 bits per heavy atom. The van der Waals surface area contributed by atoms with Crippen molar-refractivity contribution in [1.29, 1.82) is 0 Å². The van der Waals surface area contributed by atoms with Crippen LogP contribution < -0.4 is 15.9 Å². The van der Waals surface area contributed by atoms with Crippen molar-refractivity contribution in [3.05, 3.63) is 70.4 Å². The number of carbonyl (C=O) groups is 2. The Hall–Kier alpha value is -4.33. The molecular formula is C24H19NO7. The number of benzene rings is 3. The molecule has 0 bridgehead atoms. The van der Waals surface area contributed by atoms with Gasteiger partial charge in [0.25, 0.3) is 0 Å². The first-order valence-corrected chi connectivity index (χ1v) is 9.79. The number of esters is 1. The van der Waals surface area contributed by atoms with Crippen LogP contribution in [0.15, 0.2) is 63.8 Å². The van der Waals surface area contributed by atoms with Crippen LogP contribution in [0.25, 0.3) is 33.4 Å². The average molecular weight is 433 g/mol. The van der Waals surface area contributed by atoms with E-state index in [9.17, 15) is 14.4 Å². The van der Waals surface area contributed by atoms with Gasteiger partial charge in [0.05, 0.1) is 12.2 Å². The molecule has 0 atom stereocenters. The van der Waals surface area contributed by atoms with Gasteiger partial charge >= 0.3 is 11.9 Å². The van der Waals surface area contributed by atoms with Gasteiger partial charge in [-0.1, -0.05) is 0 Å². The zero-order chi connectivity index (χ0) is 22.8. The minimum atomic E-state index is -1.11. The summed E-state index contributed by atoms with van der Waals surface area (Å²) in [5, 5.41) is 9.49. The zero-order valence-electron chi connectivity index (χ0n) is 17.1. The lowest BCUT2D eigenvalue weighted by molar-refractivity contribution is -0.139. The number of anilines is 1. The number of nitrogens with two attached hydrogens (primary N) is 1. The number of carboxylic acid groups (broad SMARTS) is 1. The maximum atomic E-state index is 12.7. The van der Waals surface area contributed by atoms with Gasteiger partial charge in [0, 0.05) is 34.3 Å². The van der Waals surface area contributed by atoms with Gasteiger partial charge < -0.3 is 24.7 Å². The van der Waals surface area contributed by atoms with Crippen molar-refractivity contribution >= 4 is 28.6 Å². The number of aliphatic carboxylic acids is 1. The van der Waals surface area contributed by atoms with Crippen LogP contribution in [0.4, 0.5) is 5.69 Å². The summed E-state index contributed by atoms with van der Waals surface area (Å²) in [6.45, 7) is 1.41. The maximum absolute atomic E-state index is 12.7. The van der Waals surface area contributed by atoms with Crippen molar-refractivity contribution in [2.45, 2.75) is 6.92 Å². The minimum Gasteiger partial charge on any atom is -0.482 e. The molecule has 0 aromatic heterocycles. The summed E-state index contributed by atoms with van der Waals surface area (Å²) in [6, 6.07) is 14.1. The average Bonchev–Trinajstić information content (AvgIpc) is 2.75. The molecule has 1 heterocycles. The van der Waals surface area contributed by atoms with Crippen LogP contribution in [0.5, 0.6) is 5.75 Å². The molecule has 0 spiro atoms. The van der Waals surface area contributed by atoms with E-state index in [1.165, 1.54) is 18.2 Å². The topological polar surface area (TPSA) is 129 Å². The Bertz CT molecular complexity index is 1370. The highest BCUT2D eigenvalue weighted by Crippen LogP contribution is 2.42. The quantitative estimate of drug-likeness (QED) is 0.267. The lowest BCUT2D eigenvalue weighted by Crippen LogP contribution is -2.09. The predicted octanol–water partition coefficient (Wildman–Crippen LogP) is 3.79. The molecule has 32 heavy (non-hydrogen) atoms. The van der Waals surface area contributed by atoms with Gasteiger partial charge in [0.15, 0.2) is 12.0 Å². The Balaban J connectivity index is 2.04. The molecular weight excluding hydrogens is 414 g/mol. The standard InChI is InChI=1S/C24H19NO7/c1-2-30-24(29)16-6-3-13(25)9-19(16)23-17-7-4-14(26)10-20(17)32-21-11-15(5-8-18(21)23)31-12-22(27)28/h3-11H,2,12,25H2,1H3,(H,27,28). The van der Waals surface area contributed by atoms with Crippen molar-refractivity contribution in [1.82, 2.24) is 0 Å². The smallest absolute Gasteiger partial charge is 0.341 e. The van der Waals surface area contributed by atoms with Gasteiger partial charge in [-0.2, -0.15) is 0 Å². The highest BCUT2D eigenvalue weighted by atomic mass is 16.5. The molecule has 3 N–H and O–H groups in total. The van der Waals surface area contributed by atoms with Crippen LogP contribution in [0.2, 0.25) is 0 Å². The Kier molecular flexibility index (Phi) is 5.51. The lowest BCUT2D eigenvalue weighted by atomic mass is 9.90. The maximum Gasteiger partial charge on any atom is 0.341 e. The predicted molar refractivity (Wildman–Crippen MR) is 118 cm³/mol. The van der Waals surface area contributed by atoms with E-state index in [1.54, 1.807) is 43.3 Å². The molecule has 1 aliphatic carbocycles. The van der Waals surface area contributed by atoms with Crippen molar-refractivity contribution in [3.63, 3.8) is 0 Å². The first-order chi connectivity index (χ1) is 15.4. The van der Waals surface area contributed by atoms with E-state index in [4.69, 9.17) is 24.7 Å². The van der Waals surface area contributed by atoms with Gasteiger partial charge in [-0.05, 0) is 55.0 Å². The van der Waals surface area contributed by atoms with E-state index in [1.807, 2.05) is 0 Å². The van der Waals surface area contributed by atoms with E-state index in [0.29, 0.717) is 44.7 Å². The number of fused-ring (bicyclic) bond motifs is 2. The fourth-order valence-corrected chi connectivity index (χ4v) is 3.53. The summed E-state index contributed by atoms with van der Waals surface area (Å²) in [7, 11) is 0. The number of carbonyl (C=O) groups excluding carboxylic acids is 1. The van der Waals surface area contributed by atoms with Gasteiger partial charge in [-0.15, -0.1) is 0 Å². The van der Waals surface area contributed by atoms with Crippen LogP contribution in [0.3, 0.4) is 0 Å². The second-order valence-corrected chi connectivity index (χ2v) is 7.00. The molecule has 0 saturated heterocycles. The fourth-order valence-electron chi connectivity index (χ4n) is 3.53. The SMILES string of the molecule is CCOC(=O)c1ccc(N)cc1-c1c2ccc(=O)cc-2oc2cc(OCC(=O)O)ccc12. The van der Waals surface area contributed by atoms with Crippen LogP contribution in [-0.4, -0.2) is 30.3 Å². The molecule has 2 aliphatic rings. The summed E-state index contributed by atoms with van der Waals surface area (Å²) in [4.78, 5) is 35.5. The molecule has 8 heteroatoms. The summed E-state index contributed by atoms with van der Waals surface area (Å²) < 4.78 is 16.4. The monoisotopic (exact) mass is 433 g/mol. The molecule has 8 nitrogen and oxygen atoms in total. The Morgan fingerprint density at radius 1 is 1.03 bits per heavy atom. The third-order valence-corrected chi connectivity index (χ3v) is 4.84.